The number of rotatable bonds is 3. The van der Waals surface area contributed by atoms with E-state index in [1.165, 1.54) is 0 Å². The highest BCUT2D eigenvalue weighted by atomic mass is 35.5. The summed E-state index contributed by atoms with van der Waals surface area (Å²) in [7, 11) is -4.03. The van der Waals surface area contributed by atoms with Gasteiger partial charge >= 0.3 is 0 Å². The van der Waals surface area contributed by atoms with Gasteiger partial charge in [-0.05, 0) is 18.6 Å². The van der Waals surface area contributed by atoms with Crippen LogP contribution in [0.25, 0.3) is 0 Å². The molecule has 1 aliphatic rings. The standard InChI is InChI=1S/C12H15ClFN3O3S/c1-2-10-12(18)16-3-4-17(10)21(19,20)11-6-9(15)8(14)5-7(11)13/h5-6,10H,2-4,15H2,1H3,(H,16,18). The molecule has 1 amide bonds. The number of hydrogen-bond donors (Lipinski definition) is 2. The summed E-state index contributed by atoms with van der Waals surface area (Å²) in [6.07, 6.45) is 0.319. The maximum atomic E-state index is 13.3. The molecule has 0 aliphatic carbocycles. The minimum absolute atomic E-state index is 0.125. The topological polar surface area (TPSA) is 92.5 Å². The number of nitrogens with zero attached hydrogens (tertiary/aromatic N) is 1. The third kappa shape index (κ3) is 2.83. The number of amides is 1. The van der Waals surface area contributed by atoms with Crippen LogP contribution in [0.2, 0.25) is 5.02 Å². The number of benzene rings is 1. The Hall–Kier alpha value is -1.38. The van der Waals surface area contributed by atoms with Crippen molar-refractivity contribution in [3.8, 4) is 0 Å². The number of carbonyl (C=O) groups is 1. The SMILES string of the molecule is CCC1C(=O)NCCN1S(=O)(=O)c1cc(N)c(F)cc1Cl. The van der Waals surface area contributed by atoms with E-state index in [1.54, 1.807) is 6.92 Å². The van der Waals surface area contributed by atoms with Gasteiger partial charge < -0.3 is 11.1 Å². The summed E-state index contributed by atoms with van der Waals surface area (Å²) in [5.74, 6) is -1.15. The molecule has 0 spiro atoms. The number of nitrogen functional groups attached to an aromatic ring is 1. The van der Waals surface area contributed by atoms with E-state index in [2.05, 4.69) is 5.32 Å². The summed E-state index contributed by atoms with van der Waals surface area (Å²) in [6.45, 7) is 2.04. The van der Waals surface area contributed by atoms with E-state index in [0.717, 1.165) is 16.4 Å². The zero-order valence-electron chi connectivity index (χ0n) is 11.3. The molecule has 6 nitrogen and oxygen atoms in total. The molecule has 1 aromatic rings. The van der Waals surface area contributed by atoms with E-state index in [-0.39, 0.29) is 34.6 Å². The lowest BCUT2D eigenvalue weighted by Crippen LogP contribution is -2.56. The third-order valence-electron chi connectivity index (χ3n) is 3.31. The van der Waals surface area contributed by atoms with Gasteiger partial charge in [0.25, 0.3) is 0 Å². The predicted octanol–water partition coefficient (Wildman–Crippen LogP) is 0.960. The molecule has 1 aromatic carbocycles. The maximum absolute atomic E-state index is 13.3. The van der Waals surface area contributed by atoms with E-state index < -0.39 is 21.9 Å². The van der Waals surface area contributed by atoms with Gasteiger partial charge in [-0.15, -0.1) is 0 Å². The molecule has 1 aliphatic heterocycles. The molecule has 3 N–H and O–H groups in total. The molecule has 0 aromatic heterocycles. The summed E-state index contributed by atoms with van der Waals surface area (Å²) < 4.78 is 39.7. The van der Waals surface area contributed by atoms with E-state index in [0.29, 0.717) is 6.42 Å². The number of hydrogen-bond acceptors (Lipinski definition) is 4. The average molecular weight is 336 g/mol. The minimum Gasteiger partial charge on any atom is -0.396 e. The number of piperazine rings is 1. The normalized spacial score (nSPS) is 20.3. The van der Waals surface area contributed by atoms with Gasteiger partial charge in [0.1, 0.15) is 16.8 Å². The third-order valence-corrected chi connectivity index (χ3v) is 5.68. The number of nitrogens with one attached hydrogen (secondary N) is 1. The Balaban J connectivity index is 2.51. The zero-order valence-corrected chi connectivity index (χ0v) is 12.8. The van der Waals surface area contributed by atoms with Crippen LogP contribution < -0.4 is 11.1 Å². The van der Waals surface area contributed by atoms with Crippen LogP contribution in [0.3, 0.4) is 0 Å². The van der Waals surface area contributed by atoms with Crippen LogP contribution in [-0.4, -0.2) is 37.8 Å². The second-order valence-electron chi connectivity index (χ2n) is 4.63. The zero-order chi connectivity index (χ0) is 15.8. The van der Waals surface area contributed by atoms with Crippen LogP contribution in [0.5, 0.6) is 0 Å². The van der Waals surface area contributed by atoms with Crippen molar-refractivity contribution >= 4 is 33.2 Å². The minimum atomic E-state index is -4.03. The van der Waals surface area contributed by atoms with Crippen molar-refractivity contribution in [2.75, 3.05) is 18.8 Å². The first-order valence-electron chi connectivity index (χ1n) is 6.33. The highest BCUT2D eigenvalue weighted by molar-refractivity contribution is 7.89. The number of sulfonamides is 1. The molecular weight excluding hydrogens is 321 g/mol. The molecule has 1 fully saturated rings. The highest BCUT2D eigenvalue weighted by Gasteiger charge is 2.38. The Kier molecular flexibility index (Phi) is 4.40. The average Bonchev–Trinajstić information content (AvgIpc) is 2.42. The fraction of sp³-hybridized carbons (Fsp3) is 0.417. The van der Waals surface area contributed by atoms with Crippen LogP contribution in [0, 0.1) is 5.82 Å². The summed E-state index contributed by atoms with van der Waals surface area (Å²) in [5, 5.41) is 2.35. The molecule has 0 radical (unpaired) electrons. The summed E-state index contributed by atoms with van der Waals surface area (Å²) in [4.78, 5) is 11.5. The van der Waals surface area contributed by atoms with E-state index in [1.807, 2.05) is 0 Å². The molecule has 2 rings (SSSR count). The lowest BCUT2D eigenvalue weighted by atomic mass is 10.2. The first-order valence-corrected chi connectivity index (χ1v) is 8.15. The lowest BCUT2D eigenvalue weighted by molar-refractivity contribution is -0.126. The smallest absolute Gasteiger partial charge is 0.245 e. The van der Waals surface area contributed by atoms with Crippen molar-refractivity contribution in [1.29, 1.82) is 0 Å². The lowest BCUT2D eigenvalue weighted by Gasteiger charge is -2.33. The van der Waals surface area contributed by atoms with Crippen LogP contribution in [-0.2, 0) is 14.8 Å². The number of halogens is 2. The van der Waals surface area contributed by atoms with E-state index in [9.17, 15) is 17.6 Å². The molecule has 0 bridgehead atoms. The van der Waals surface area contributed by atoms with Crippen molar-refractivity contribution in [3.63, 3.8) is 0 Å². The molecule has 1 unspecified atom stereocenters. The van der Waals surface area contributed by atoms with Gasteiger partial charge in [0.15, 0.2) is 0 Å². The maximum Gasteiger partial charge on any atom is 0.245 e. The van der Waals surface area contributed by atoms with Gasteiger partial charge in [0.2, 0.25) is 15.9 Å². The monoisotopic (exact) mass is 335 g/mol. The van der Waals surface area contributed by atoms with Crippen molar-refractivity contribution in [3.05, 3.63) is 23.0 Å². The fourth-order valence-corrected chi connectivity index (χ4v) is 4.43. The molecule has 9 heteroatoms. The van der Waals surface area contributed by atoms with Crippen molar-refractivity contribution in [2.45, 2.75) is 24.3 Å². The van der Waals surface area contributed by atoms with Crippen LogP contribution in [0.4, 0.5) is 10.1 Å². The first-order chi connectivity index (χ1) is 9.78. The van der Waals surface area contributed by atoms with Gasteiger partial charge in [-0.1, -0.05) is 18.5 Å². The van der Waals surface area contributed by atoms with Crippen LogP contribution >= 0.6 is 11.6 Å². The molecule has 0 saturated carbocycles. The predicted molar refractivity (Wildman–Crippen MR) is 76.8 cm³/mol. The molecule has 21 heavy (non-hydrogen) atoms. The van der Waals surface area contributed by atoms with Crippen LogP contribution in [0.15, 0.2) is 17.0 Å². The Morgan fingerprint density at radius 2 is 2.19 bits per heavy atom. The molecule has 1 heterocycles. The van der Waals surface area contributed by atoms with Crippen molar-refractivity contribution in [2.24, 2.45) is 0 Å². The summed E-state index contributed by atoms with van der Waals surface area (Å²) in [6, 6.07) is 1.02. The summed E-state index contributed by atoms with van der Waals surface area (Å²) in [5.41, 5.74) is 5.10. The quantitative estimate of drug-likeness (QED) is 0.805. The molecular formula is C12H15ClFN3O3S. The summed E-state index contributed by atoms with van der Waals surface area (Å²) >= 11 is 5.83. The van der Waals surface area contributed by atoms with Crippen molar-refractivity contribution < 1.29 is 17.6 Å². The fourth-order valence-electron chi connectivity index (χ4n) is 2.24. The molecule has 1 atom stereocenters. The number of carbonyl (C=O) groups excluding carboxylic acids is 1. The van der Waals surface area contributed by atoms with Gasteiger partial charge in [0.05, 0.1) is 10.7 Å². The first kappa shape index (κ1) is 16.0. The Morgan fingerprint density at radius 1 is 1.52 bits per heavy atom. The van der Waals surface area contributed by atoms with Gasteiger partial charge in [0, 0.05) is 13.1 Å². The number of anilines is 1. The second-order valence-corrected chi connectivity index (χ2v) is 6.90. The highest BCUT2D eigenvalue weighted by Crippen LogP contribution is 2.30. The molecule has 1 saturated heterocycles. The Labute approximate surface area is 127 Å². The Bertz CT molecular complexity index is 681. The van der Waals surface area contributed by atoms with Gasteiger partial charge in [-0.2, -0.15) is 4.31 Å². The van der Waals surface area contributed by atoms with Gasteiger partial charge in [-0.25, -0.2) is 12.8 Å². The van der Waals surface area contributed by atoms with E-state index >= 15 is 0 Å². The van der Waals surface area contributed by atoms with Crippen molar-refractivity contribution in [1.82, 2.24) is 9.62 Å². The van der Waals surface area contributed by atoms with Gasteiger partial charge in [-0.3, -0.25) is 4.79 Å². The Morgan fingerprint density at radius 3 is 2.81 bits per heavy atom. The largest absolute Gasteiger partial charge is 0.396 e. The van der Waals surface area contributed by atoms with E-state index in [4.69, 9.17) is 17.3 Å². The second kappa shape index (κ2) is 5.78. The number of nitrogens with two attached hydrogens (primary N) is 1. The molecule has 116 valence electrons. The van der Waals surface area contributed by atoms with Crippen LogP contribution in [0.1, 0.15) is 13.3 Å².